The van der Waals surface area contributed by atoms with Crippen molar-refractivity contribution >= 4 is 29.7 Å². The monoisotopic (exact) mass is 408 g/mol. The molecule has 8 heteroatoms. The highest BCUT2D eigenvalue weighted by Gasteiger charge is 2.42. The zero-order chi connectivity index (χ0) is 21.5. The number of aliphatic carboxylic acids is 1. The normalized spacial score (nSPS) is 18.9. The molecule has 2 aromatic rings. The highest BCUT2D eigenvalue weighted by Crippen LogP contribution is 2.36. The van der Waals surface area contributed by atoms with Gasteiger partial charge in [0.2, 0.25) is 11.8 Å². The summed E-state index contributed by atoms with van der Waals surface area (Å²) in [6.07, 6.45) is 2.47. The van der Waals surface area contributed by atoms with Gasteiger partial charge >= 0.3 is 5.97 Å². The summed E-state index contributed by atoms with van der Waals surface area (Å²) < 4.78 is 0. The van der Waals surface area contributed by atoms with Gasteiger partial charge in [-0.2, -0.15) is 5.10 Å². The lowest BCUT2D eigenvalue weighted by Crippen LogP contribution is -2.46. The van der Waals surface area contributed by atoms with E-state index in [4.69, 9.17) is 5.84 Å². The average Bonchev–Trinajstić information content (AvgIpc) is 2.68. The third kappa shape index (κ3) is 5.22. The molecule has 2 aromatic carbocycles. The maximum Gasteiger partial charge on any atom is 0.305 e. The molecular weight excluding hydrogens is 384 g/mol. The summed E-state index contributed by atoms with van der Waals surface area (Å²) in [7, 11) is 0. The zero-order valence-corrected chi connectivity index (χ0v) is 16.3. The Morgan fingerprint density at radius 1 is 1.03 bits per heavy atom. The first-order valence-electron chi connectivity index (χ1n) is 9.69. The van der Waals surface area contributed by atoms with Gasteiger partial charge in [-0.1, -0.05) is 42.5 Å². The Bertz CT molecular complexity index is 928. The summed E-state index contributed by atoms with van der Waals surface area (Å²) in [6, 6.07) is 15.3. The Labute approximate surface area is 174 Å². The first-order valence-corrected chi connectivity index (χ1v) is 9.69. The molecule has 0 aromatic heterocycles. The summed E-state index contributed by atoms with van der Waals surface area (Å²) in [5.41, 5.74) is 2.14. The van der Waals surface area contributed by atoms with Crippen LogP contribution >= 0.6 is 0 Å². The van der Waals surface area contributed by atoms with Crippen LogP contribution in [0.5, 0.6) is 0 Å². The Kier molecular flexibility index (Phi) is 6.79. The minimum absolute atomic E-state index is 0.224. The van der Waals surface area contributed by atoms with Crippen molar-refractivity contribution in [3.8, 4) is 0 Å². The van der Waals surface area contributed by atoms with Gasteiger partial charge in [0.1, 0.15) is 0 Å². The predicted octanol–water partition coefficient (Wildman–Crippen LogP) is 2.28. The molecule has 3 unspecified atom stereocenters. The van der Waals surface area contributed by atoms with E-state index in [2.05, 4.69) is 15.7 Å². The number of hydrogen-bond donors (Lipinski definition) is 4. The van der Waals surface area contributed by atoms with Crippen molar-refractivity contribution in [3.63, 3.8) is 0 Å². The van der Waals surface area contributed by atoms with E-state index in [1.807, 2.05) is 6.07 Å². The van der Waals surface area contributed by atoms with Crippen molar-refractivity contribution < 1.29 is 19.5 Å². The molecule has 0 bridgehead atoms. The van der Waals surface area contributed by atoms with Gasteiger partial charge in [0, 0.05) is 17.5 Å². The van der Waals surface area contributed by atoms with Crippen LogP contribution in [0.15, 0.2) is 59.7 Å². The molecule has 0 aliphatic heterocycles. The predicted molar refractivity (Wildman–Crippen MR) is 113 cm³/mol. The third-order valence-corrected chi connectivity index (χ3v) is 5.25. The molecule has 3 rings (SSSR count). The Hall–Kier alpha value is -3.68. The Morgan fingerprint density at radius 2 is 1.67 bits per heavy atom. The second-order valence-corrected chi connectivity index (χ2v) is 7.25. The van der Waals surface area contributed by atoms with E-state index in [0.29, 0.717) is 18.5 Å². The van der Waals surface area contributed by atoms with E-state index in [9.17, 15) is 19.5 Å². The molecule has 8 nitrogen and oxygen atoms in total. The van der Waals surface area contributed by atoms with E-state index >= 15 is 0 Å². The number of nitrogens with one attached hydrogen (secondary N) is 2. The third-order valence-electron chi connectivity index (χ3n) is 5.25. The molecule has 1 fully saturated rings. The van der Waals surface area contributed by atoms with Crippen LogP contribution in [0.1, 0.15) is 36.4 Å². The molecule has 2 amide bonds. The van der Waals surface area contributed by atoms with Gasteiger partial charge in [-0.05, 0) is 36.1 Å². The van der Waals surface area contributed by atoms with Crippen molar-refractivity contribution in [3.05, 3.63) is 65.7 Å². The number of rotatable bonds is 8. The number of carbonyl (C=O) groups is 3. The van der Waals surface area contributed by atoms with Crippen LogP contribution in [0, 0.1) is 11.8 Å². The molecule has 156 valence electrons. The fraction of sp³-hybridized carbons (Fsp3) is 0.273. The van der Waals surface area contributed by atoms with Crippen molar-refractivity contribution in [2.45, 2.75) is 25.3 Å². The Morgan fingerprint density at radius 3 is 2.23 bits per heavy atom. The molecule has 1 saturated carbocycles. The van der Waals surface area contributed by atoms with E-state index < -0.39 is 23.8 Å². The number of amides is 2. The van der Waals surface area contributed by atoms with Crippen LogP contribution in [0.4, 0.5) is 5.69 Å². The summed E-state index contributed by atoms with van der Waals surface area (Å²) in [4.78, 5) is 36.6. The molecule has 1 aliphatic rings. The van der Waals surface area contributed by atoms with E-state index in [0.717, 1.165) is 11.1 Å². The number of nitrogens with zero attached hydrogens (tertiary/aromatic N) is 1. The van der Waals surface area contributed by atoms with Crippen LogP contribution in [0.3, 0.4) is 0 Å². The molecule has 1 aliphatic carbocycles. The number of anilines is 1. The molecular formula is C22H24N4O4. The summed E-state index contributed by atoms with van der Waals surface area (Å²) in [6.45, 7) is 0. The number of hydrogen-bond acceptors (Lipinski definition) is 5. The SMILES string of the molecule is NN=Cc1ccc(NC(=O)C2CCC2C(=O)NC(CC(=O)O)c2ccccc2)cc1. The minimum Gasteiger partial charge on any atom is -0.481 e. The maximum absolute atomic E-state index is 12.8. The van der Waals surface area contributed by atoms with Crippen molar-refractivity contribution in [2.75, 3.05) is 5.32 Å². The first-order chi connectivity index (χ1) is 14.5. The van der Waals surface area contributed by atoms with Gasteiger partial charge in [-0.25, -0.2) is 0 Å². The van der Waals surface area contributed by atoms with Gasteiger partial charge in [-0.3, -0.25) is 14.4 Å². The van der Waals surface area contributed by atoms with Gasteiger partial charge in [0.15, 0.2) is 0 Å². The maximum atomic E-state index is 12.8. The number of carboxylic acids is 1. The topological polar surface area (TPSA) is 134 Å². The summed E-state index contributed by atoms with van der Waals surface area (Å²) in [5.74, 6) is 2.66. The average molecular weight is 408 g/mol. The highest BCUT2D eigenvalue weighted by atomic mass is 16.4. The van der Waals surface area contributed by atoms with Crippen molar-refractivity contribution in [1.82, 2.24) is 5.32 Å². The van der Waals surface area contributed by atoms with Crippen LogP contribution in [0.25, 0.3) is 0 Å². The van der Waals surface area contributed by atoms with Crippen LogP contribution in [-0.4, -0.2) is 29.1 Å². The lowest BCUT2D eigenvalue weighted by atomic mass is 9.72. The summed E-state index contributed by atoms with van der Waals surface area (Å²) in [5, 5.41) is 18.3. The minimum atomic E-state index is -1.00. The standard InChI is InChI=1S/C22H24N4O4/c23-24-13-14-6-8-16(9-7-14)25-21(29)17-10-11-18(17)22(30)26-19(12-20(27)28)15-4-2-1-3-5-15/h1-9,13,17-19H,10-12,23H2,(H,25,29)(H,26,30)(H,27,28). The number of hydrazone groups is 1. The molecule has 3 atom stereocenters. The van der Waals surface area contributed by atoms with E-state index in [-0.39, 0.29) is 18.2 Å². The number of benzene rings is 2. The number of carbonyl (C=O) groups excluding carboxylic acids is 2. The fourth-order valence-corrected chi connectivity index (χ4v) is 3.49. The van der Waals surface area contributed by atoms with Crippen LogP contribution in [-0.2, 0) is 14.4 Å². The van der Waals surface area contributed by atoms with E-state index in [1.54, 1.807) is 48.5 Å². The van der Waals surface area contributed by atoms with Crippen molar-refractivity contribution in [1.29, 1.82) is 0 Å². The van der Waals surface area contributed by atoms with Gasteiger partial charge in [0.05, 0.1) is 18.7 Å². The molecule has 0 radical (unpaired) electrons. The molecule has 0 heterocycles. The van der Waals surface area contributed by atoms with Gasteiger partial charge in [0.25, 0.3) is 0 Å². The van der Waals surface area contributed by atoms with Gasteiger partial charge < -0.3 is 21.6 Å². The molecule has 0 spiro atoms. The number of carboxylic acid groups (broad SMARTS) is 1. The lowest BCUT2D eigenvalue weighted by molar-refractivity contribution is -0.140. The Balaban J connectivity index is 1.62. The van der Waals surface area contributed by atoms with Crippen LogP contribution in [0.2, 0.25) is 0 Å². The lowest BCUT2D eigenvalue weighted by Gasteiger charge is -2.35. The second-order valence-electron chi connectivity index (χ2n) is 7.25. The largest absolute Gasteiger partial charge is 0.481 e. The number of nitrogens with two attached hydrogens (primary N) is 1. The van der Waals surface area contributed by atoms with Crippen molar-refractivity contribution in [2.24, 2.45) is 22.8 Å². The zero-order valence-electron chi connectivity index (χ0n) is 16.3. The molecule has 5 N–H and O–H groups in total. The second kappa shape index (κ2) is 9.69. The smallest absolute Gasteiger partial charge is 0.305 e. The molecule has 0 saturated heterocycles. The quantitative estimate of drug-likeness (QED) is 0.302. The van der Waals surface area contributed by atoms with Gasteiger partial charge in [-0.15, -0.1) is 0 Å². The highest BCUT2D eigenvalue weighted by molar-refractivity contribution is 5.97. The summed E-state index contributed by atoms with van der Waals surface area (Å²) >= 11 is 0. The van der Waals surface area contributed by atoms with E-state index in [1.165, 1.54) is 6.21 Å². The fourth-order valence-electron chi connectivity index (χ4n) is 3.49. The molecule has 30 heavy (non-hydrogen) atoms. The van der Waals surface area contributed by atoms with Crippen LogP contribution < -0.4 is 16.5 Å². The first kappa shape index (κ1) is 21.0.